The molecular formula is C15H24O2. The summed E-state index contributed by atoms with van der Waals surface area (Å²) < 4.78 is 0. The Morgan fingerprint density at radius 1 is 1.12 bits per heavy atom. The Bertz CT molecular complexity index is 289. The number of aliphatic hydroxyl groups is 1. The molecule has 0 aliphatic heterocycles. The third-order valence-electron chi connectivity index (χ3n) is 3.31. The van der Waals surface area contributed by atoms with E-state index in [4.69, 9.17) is 0 Å². The van der Waals surface area contributed by atoms with Crippen LogP contribution in [0.1, 0.15) is 58.3 Å². The molecule has 0 bridgehead atoms. The number of carbonyl (C=O) groups is 1. The predicted octanol–water partition coefficient (Wildman–Crippen LogP) is 4.32. The molecule has 0 saturated carbocycles. The Labute approximate surface area is 104 Å². The second-order valence-corrected chi connectivity index (χ2v) is 4.82. The monoisotopic (exact) mass is 236 g/mol. The number of hydrogen-bond acceptors (Lipinski definition) is 2. The summed E-state index contributed by atoms with van der Waals surface area (Å²) in [6.45, 7) is 2.22. The van der Waals surface area contributed by atoms with Gasteiger partial charge >= 0.3 is 0 Å². The van der Waals surface area contributed by atoms with Crippen LogP contribution in [0.2, 0.25) is 0 Å². The molecule has 0 aromatic rings. The van der Waals surface area contributed by atoms with Gasteiger partial charge in [-0.3, -0.25) is 4.79 Å². The maximum atomic E-state index is 11.6. The maximum absolute atomic E-state index is 11.6. The van der Waals surface area contributed by atoms with Crippen LogP contribution < -0.4 is 0 Å². The van der Waals surface area contributed by atoms with E-state index < -0.39 is 0 Å². The number of aliphatic hydroxyl groups excluding tert-OH is 1. The number of carbonyl (C=O) groups excluding carboxylic acids is 1. The van der Waals surface area contributed by atoms with E-state index >= 15 is 0 Å². The fourth-order valence-electron chi connectivity index (χ4n) is 2.19. The first kappa shape index (κ1) is 14.0. The van der Waals surface area contributed by atoms with E-state index in [2.05, 4.69) is 6.92 Å². The van der Waals surface area contributed by atoms with Gasteiger partial charge in [-0.2, -0.15) is 0 Å². The Morgan fingerprint density at radius 2 is 1.76 bits per heavy atom. The van der Waals surface area contributed by atoms with E-state index in [9.17, 15) is 9.90 Å². The van der Waals surface area contributed by atoms with Crippen LogP contribution in [0.15, 0.2) is 24.0 Å². The molecule has 1 aliphatic carbocycles. The number of ketones is 1. The van der Waals surface area contributed by atoms with Crippen LogP contribution in [-0.4, -0.2) is 10.9 Å². The van der Waals surface area contributed by atoms with E-state index in [-0.39, 0.29) is 17.5 Å². The Morgan fingerprint density at radius 3 is 2.47 bits per heavy atom. The van der Waals surface area contributed by atoms with Crippen molar-refractivity contribution in [1.29, 1.82) is 0 Å². The zero-order valence-electron chi connectivity index (χ0n) is 10.8. The first-order valence-corrected chi connectivity index (χ1v) is 6.87. The minimum atomic E-state index is -0.113. The summed E-state index contributed by atoms with van der Waals surface area (Å²) in [6, 6.07) is 0. The Balaban J connectivity index is 2.05. The summed E-state index contributed by atoms with van der Waals surface area (Å²) in [5, 5.41) is 9.31. The van der Waals surface area contributed by atoms with Crippen LogP contribution in [0.25, 0.3) is 0 Å². The summed E-state index contributed by atoms with van der Waals surface area (Å²) in [5.74, 6) is -0.283. The third kappa shape index (κ3) is 5.20. The van der Waals surface area contributed by atoms with Crippen LogP contribution in [0, 0.1) is 5.92 Å². The Kier molecular flexibility index (Phi) is 6.68. The second-order valence-electron chi connectivity index (χ2n) is 4.82. The molecule has 0 spiro atoms. The highest BCUT2D eigenvalue weighted by molar-refractivity contribution is 5.97. The first-order valence-electron chi connectivity index (χ1n) is 6.87. The van der Waals surface area contributed by atoms with E-state index in [1.54, 1.807) is 6.08 Å². The van der Waals surface area contributed by atoms with Crippen LogP contribution in [-0.2, 0) is 4.79 Å². The number of unbranched alkanes of at least 4 members (excludes halogenated alkanes) is 6. The largest absolute Gasteiger partial charge is 0.504 e. The standard InChI is InChI=1S/C15H24O2/c1-2-3-4-5-6-7-8-10-13-11-9-12-14(16)15(13)17/h9,11-13,16H,2-8,10H2,1H3. The summed E-state index contributed by atoms with van der Waals surface area (Å²) >= 11 is 0. The van der Waals surface area contributed by atoms with E-state index in [0.717, 1.165) is 12.8 Å². The first-order chi connectivity index (χ1) is 8.25. The maximum Gasteiger partial charge on any atom is 0.203 e. The molecule has 0 aromatic carbocycles. The molecule has 1 unspecified atom stereocenters. The van der Waals surface area contributed by atoms with Gasteiger partial charge in [0.1, 0.15) is 0 Å². The van der Waals surface area contributed by atoms with E-state index in [1.165, 1.54) is 44.6 Å². The number of Topliss-reactive ketones (excluding diaryl/α,β-unsaturated/α-hetero) is 1. The van der Waals surface area contributed by atoms with Gasteiger partial charge in [0.25, 0.3) is 0 Å². The molecule has 96 valence electrons. The molecule has 1 aliphatic rings. The highest BCUT2D eigenvalue weighted by Crippen LogP contribution is 2.19. The van der Waals surface area contributed by atoms with Gasteiger partial charge in [0.15, 0.2) is 5.76 Å². The number of hydrogen-bond donors (Lipinski definition) is 1. The molecule has 1 atom stereocenters. The zero-order valence-corrected chi connectivity index (χ0v) is 10.8. The number of rotatable bonds is 8. The average Bonchev–Trinajstić information content (AvgIpc) is 2.33. The minimum Gasteiger partial charge on any atom is -0.504 e. The lowest BCUT2D eigenvalue weighted by Gasteiger charge is -2.13. The molecule has 0 fully saturated rings. The third-order valence-corrected chi connectivity index (χ3v) is 3.31. The highest BCUT2D eigenvalue weighted by atomic mass is 16.3. The fraction of sp³-hybridized carbons (Fsp3) is 0.667. The van der Waals surface area contributed by atoms with Crippen molar-refractivity contribution in [2.45, 2.75) is 58.3 Å². The van der Waals surface area contributed by atoms with Crippen molar-refractivity contribution in [3.63, 3.8) is 0 Å². The minimum absolute atomic E-state index is 0.0829. The summed E-state index contributed by atoms with van der Waals surface area (Å²) in [5.41, 5.74) is 0. The van der Waals surface area contributed by atoms with Crippen molar-refractivity contribution >= 4 is 5.78 Å². The van der Waals surface area contributed by atoms with E-state index in [0.29, 0.717) is 0 Å². The number of allylic oxidation sites excluding steroid dienone is 4. The zero-order chi connectivity index (χ0) is 12.5. The fourth-order valence-corrected chi connectivity index (χ4v) is 2.19. The van der Waals surface area contributed by atoms with Crippen molar-refractivity contribution in [2.75, 3.05) is 0 Å². The summed E-state index contributed by atoms with van der Waals surface area (Å²) in [4.78, 5) is 11.6. The van der Waals surface area contributed by atoms with Crippen molar-refractivity contribution < 1.29 is 9.90 Å². The van der Waals surface area contributed by atoms with Crippen LogP contribution in [0.3, 0.4) is 0 Å². The quantitative estimate of drug-likeness (QED) is 0.637. The smallest absolute Gasteiger partial charge is 0.203 e. The van der Waals surface area contributed by atoms with Crippen molar-refractivity contribution in [3.8, 4) is 0 Å². The van der Waals surface area contributed by atoms with Crippen molar-refractivity contribution in [2.24, 2.45) is 5.92 Å². The lowest BCUT2D eigenvalue weighted by atomic mass is 9.92. The van der Waals surface area contributed by atoms with Gasteiger partial charge < -0.3 is 5.11 Å². The Hall–Kier alpha value is -1.05. The van der Waals surface area contributed by atoms with Gasteiger partial charge in [-0.25, -0.2) is 0 Å². The predicted molar refractivity (Wildman–Crippen MR) is 71.0 cm³/mol. The molecule has 0 saturated heterocycles. The SMILES string of the molecule is CCCCCCCCCC1C=CC=C(O)C1=O. The second kappa shape index (κ2) is 8.10. The molecular weight excluding hydrogens is 212 g/mol. The van der Waals surface area contributed by atoms with Gasteiger partial charge in [-0.05, 0) is 12.5 Å². The molecule has 0 amide bonds. The van der Waals surface area contributed by atoms with Gasteiger partial charge in [0.05, 0.1) is 0 Å². The topological polar surface area (TPSA) is 37.3 Å². The summed E-state index contributed by atoms with van der Waals surface area (Å²) in [6.07, 6.45) is 14.9. The van der Waals surface area contributed by atoms with Gasteiger partial charge in [-0.15, -0.1) is 0 Å². The molecule has 2 nitrogen and oxygen atoms in total. The molecule has 2 heteroatoms. The van der Waals surface area contributed by atoms with Crippen LogP contribution in [0.5, 0.6) is 0 Å². The molecule has 0 aromatic heterocycles. The summed E-state index contributed by atoms with van der Waals surface area (Å²) in [7, 11) is 0. The van der Waals surface area contributed by atoms with E-state index in [1.807, 2.05) is 6.08 Å². The van der Waals surface area contributed by atoms with Gasteiger partial charge in [-0.1, -0.05) is 64.0 Å². The highest BCUT2D eigenvalue weighted by Gasteiger charge is 2.20. The molecule has 1 N–H and O–H groups in total. The lowest BCUT2D eigenvalue weighted by Crippen LogP contribution is -2.16. The molecule has 0 heterocycles. The van der Waals surface area contributed by atoms with Crippen molar-refractivity contribution in [3.05, 3.63) is 24.0 Å². The van der Waals surface area contributed by atoms with Crippen LogP contribution >= 0.6 is 0 Å². The molecule has 0 radical (unpaired) electrons. The average molecular weight is 236 g/mol. The van der Waals surface area contributed by atoms with Gasteiger partial charge in [0, 0.05) is 5.92 Å². The van der Waals surface area contributed by atoms with Crippen LogP contribution in [0.4, 0.5) is 0 Å². The molecule has 17 heavy (non-hydrogen) atoms. The molecule has 1 rings (SSSR count). The van der Waals surface area contributed by atoms with Crippen molar-refractivity contribution in [1.82, 2.24) is 0 Å². The van der Waals surface area contributed by atoms with Gasteiger partial charge in [0.2, 0.25) is 5.78 Å². The lowest BCUT2D eigenvalue weighted by molar-refractivity contribution is -0.120. The normalized spacial score (nSPS) is 19.5.